The van der Waals surface area contributed by atoms with Crippen molar-refractivity contribution in [2.45, 2.75) is 70.1 Å². The highest BCUT2D eigenvalue weighted by Crippen LogP contribution is 2.19. The highest BCUT2D eigenvalue weighted by atomic mass is 16.4. The lowest BCUT2D eigenvalue weighted by Gasteiger charge is -2.25. The molecule has 2 rings (SSSR count). The minimum Gasteiger partial charge on any atom is -0.481 e. The van der Waals surface area contributed by atoms with E-state index in [0.29, 0.717) is 12.0 Å². The van der Waals surface area contributed by atoms with Crippen LogP contribution in [0.25, 0.3) is 10.9 Å². The third kappa shape index (κ3) is 9.08. The van der Waals surface area contributed by atoms with E-state index in [9.17, 15) is 39.0 Å². The van der Waals surface area contributed by atoms with Gasteiger partial charge in [-0.2, -0.15) is 0 Å². The summed E-state index contributed by atoms with van der Waals surface area (Å²) in [5.41, 5.74) is 12.4. The number of aromatic amines is 1. The van der Waals surface area contributed by atoms with Crippen LogP contribution in [0.2, 0.25) is 0 Å². The quantitative estimate of drug-likeness (QED) is 0.130. The zero-order valence-electron chi connectivity index (χ0n) is 22.3. The number of carbonyl (C=O) groups excluding carboxylic acids is 4. The Bertz CT molecular complexity index is 1240. The molecule has 0 aliphatic carbocycles. The fraction of sp³-hybridized carbons (Fsp3) is 0.462. The van der Waals surface area contributed by atoms with Crippen LogP contribution >= 0.6 is 0 Å². The minimum absolute atomic E-state index is 0.107. The van der Waals surface area contributed by atoms with Crippen LogP contribution in [0.1, 0.15) is 45.1 Å². The molecule has 5 unspecified atom stereocenters. The fourth-order valence-electron chi connectivity index (χ4n) is 3.98. The molecule has 0 aliphatic rings. The van der Waals surface area contributed by atoms with Gasteiger partial charge in [0.2, 0.25) is 23.6 Å². The number of para-hydroxylation sites is 1. The van der Waals surface area contributed by atoms with Crippen LogP contribution in [0.5, 0.6) is 0 Å². The van der Waals surface area contributed by atoms with E-state index in [0.717, 1.165) is 10.9 Å². The lowest BCUT2D eigenvalue weighted by atomic mass is 9.98. The Morgan fingerprint density at radius 3 is 2.12 bits per heavy atom. The molecule has 10 N–H and O–H groups in total. The minimum atomic E-state index is -1.57. The first-order chi connectivity index (χ1) is 18.8. The van der Waals surface area contributed by atoms with Gasteiger partial charge in [-0.05, 0) is 24.0 Å². The zero-order chi connectivity index (χ0) is 30.0. The van der Waals surface area contributed by atoms with Gasteiger partial charge in [0.25, 0.3) is 0 Å². The predicted molar refractivity (Wildman–Crippen MR) is 144 cm³/mol. The van der Waals surface area contributed by atoms with Crippen LogP contribution in [0, 0.1) is 5.92 Å². The Balaban J connectivity index is 2.34. The van der Waals surface area contributed by atoms with Gasteiger partial charge in [-0.1, -0.05) is 38.5 Å². The van der Waals surface area contributed by atoms with E-state index in [2.05, 4.69) is 20.9 Å². The summed E-state index contributed by atoms with van der Waals surface area (Å²) in [5, 5.41) is 26.7. The molecule has 4 amide bonds. The number of aromatic nitrogens is 1. The van der Waals surface area contributed by atoms with Crippen molar-refractivity contribution in [2.24, 2.45) is 17.4 Å². The third-order valence-corrected chi connectivity index (χ3v) is 6.60. The Morgan fingerprint density at radius 2 is 1.52 bits per heavy atom. The van der Waals surface area contributed by atoms with Gasteiger partial charge in [0.15, 0.2) is 0 Å². The van der Waals surface area contributed by atoms with Crippen molar-refractivity contribution in [1.29, 1.82) is 0 Å². The van der Waals surface area contributed by atoms with Gasteiger partial charge in [0, 0.05) is 29.9 Å². The summed E-state index contributed by atoms with van der Waals surface area (Å²) in [6, 6.07) is 1.74. The van der Waals surface area contributed by atoms with Gasteiger partial charge in [-0.25, -0.2) is 4.79 Å². The summed E-state index contributed by atoms with van der Waals surface area (Å²) < 4.78 is 0. The monoisotopic (exact) mass is 560 g/mol. The van der Waals surface area contributed by atoms with E-state index >= 15 is 0 Å². The molecule has 0 fully saturated rings. The maximum Gasteiger partial charge on any atom is 0.326 e. The molecule has 218 valence electrons. The number of hydrogen-bond acceptors (Lipinski definition) is 7. The molecular weight excluding hydrogens is 524 g/mol. The number of carboxylic acid groups (broad SMARTS) is 2. The molecule has 14 heteroatoms. The molecule has 0 aliphatic heterocycles. The van der Waals surface area contributed by atoms with Crippen molar-refractivity contribution in [3.05, 3.63) is 36.0 Å². The van der Waals surface area contributed by atoms with Crippen LogP contribution < -0.4 is 27.4 Å². The molecule has 1 aromatic carbocycles. The summed E-state index contributed by atoms with van der Waals surface area (Å²) >= 11 is 0. The van der Waals surface area contributed by atoms with E-state index in [1.807, 2.05) is 6.92 Å². The van der Waals surface area contributed by atoms with Crippen LogP contribution in [0.3, 0.4) is 0 Å². The van der Waals surface area contributed by atoms with Gasteiger partial charge in [-0.15, -0.1) is 0 Å². The molecule has 2 aromatic rings. The number of rotatable bonds is 16. The lowest BCUT2D eigenvalue weighted by molar-refractivity contribution is -0.143. The van der Waals surface area contributed by atoms with Gasteiger partial charge < -0.3 is 42.6 Å². The smallest absolute Gasteiger partial charge is 0.326 e. The highest BCUT2D eigenvalue weighted by Gasteiger charge is 2.32. The molecule has 0 bridgehead atoms. The Labute approximate surface area is 230 Å². The second-order valence-corrected chi connectivity index (χ2v) is 9.60. The Kier molecular flexibility index (Phi) is 11.6. The van der Waals surface area contributed by atoms with Crippen LogP contribution in [-0.2, 0) is 35.2 Å². The van der Waals surface area contributed by atoms with Crippen molar-refractivity contribution >= 4 is 46.5 Å². The normalized spacial score (nSPS) is 14.8. The molecule has 40 heavy (non-hydrogen) atoms. The molecule has 0 saturated heterocycles. The largest absolute Gasteiger partial charge is 0.481 e. The number of hydrogen-bond donors (Lipinski definition) is 8. The Morgan fingerprint density at radius 1 is 0.925 bits per heavy atom. The number of H-pyrrole nitrogens is 1. The zero-order valence-corrected chi connectivity index (χ0v) is 22.3. The van der Waals surface area contributed by atoms with Gasteiger partial charge in [0.1, 0.15) is 18.1 Å². The molecule has 0 spiro atoms. The van der Waals surface area contributed by atoms with Crippen molar-refractivity contribution in [1.82, 2.24) is 20.9 Å². The number of aliphatic carboxylic acids is 2. The van der Waals surface area contributed by atoms with Crippen molar-refractivity contribution < 1.29 is 39.0 Å². The maximum absolute atomic E-state index is 13.3. The fourth-order valence-corrected chi connectivity index (χ4v) is 3.98. The summed E-state index contributed by atoms with van der Waals surface area (Å²) in [4.78, 5) is 76.5. The SMILES string of the molecule is CCC(C)C(N)C(=O)NC(CC(=O)O)C(=O)NC(Cc1c[nH]c2ccccc12)C(=O)NC(CCC(N)=O)C(=O)O. The van der Waals surface area contributed by atoms with Gasteiger partial charge >= 0.3 is 11.9 Å². The molecular formula is C26H36N6O8. The lowest BCUT2D eigenvalue weighted by Crippen LogP contribution is -2.58. The first-order valence-electron chi connectivity index (χ1n) is 12.8. The van der Waals surface area contributed by atoms with Crippen LogP contribution in [0.15, 0.2) is 30.5 Å². The average molecular weight is 561 g/mol. The van der Waals surface area contributed by atoms with E-state index in [1.165, 1.54) is 0 Å². The van der Waals surface area contributed by atoms with Gasteiger partial charge in [0.05, 0.1) is 12.5 Å². The number of fused-ring (bicyclic) bond motifs is 1. The summed E-state index contributed by atoms with van der Waals surface area (Å²) in [5.74, 6) is -6.40. The third-order valence-electron chi connectivity index (χ3n) is 6.60. The molecule has 5 atom stereocenters. The predicted octanol–water partition coefficient (Wildman–Crippen LogP) is -0.637. The number of primary amides is 1. The van der Waals surface area contributed by atoms with E-state index < -0.39 is 66.2 Å². The number of amides is 4. The van der Waals surface area contributed by atoms with E-state index in [4.69, 9.17) is 11.5 Å². The van der Waals surface area contributed by atoms with E-state index in [1.54, 1.807) is 37.4 Å². The average Bonchev–Trinajstić information content (AvgIpc) is 3.31. The maximum atomic E-state index is 13.3. The van der Waals surface area contributed by atoms with Gasteiger partial charge in [-0.3, -0.25) is 24.0 Å². The van der Waals surface area contributed by atoms with Crippen molar-refractivity contribution in [2.75, 3.05) is 0 Å². The second kappa shape index (κ2) is 14.6. The number of nitrogens with one attached hydrogen (secondary N) is 4. The topological polar surface area (TPSA) is 247 Å². The molecule has 0 saturated carbocycles. The van der Waals surface area contributed by atoms with Crippen molar-refractivity contribution in [3.8, 4) is 0 Å². The number of benzene rings is 1. The summed E-state index contributed by atoms with van der Waals surface area (Å²) in [6.45, 7) is 3.55. The summed E-state index contributed by atoms with van der Waals surface area (Å²) in [7, 11) is 0. The first-order valence-corrected chi connectivity index (χ1v) is 12.8. The first kappa shape index (κ1) is 31.8. The molecule has 1 aromatic heterocycles. The van der Waals surface area contributed by atoms with Crippen LogP contribution in [-0.4, -0.2) is 74.9 Å². The number of nitrogens with two attached hydrogens (primary N) is 2. The highest BCUT2D eigenvalue weighted by molar-refractivity contribution is 5.96. The molecule has 1 heterocycles. The number of carbonyl (C=O) groups is 6. The van der Waals surface area contributed by atoms with Crippen LogP contribution in [0.4, 0.5) is 0 Å². The number of carboxylic acids is 2. The Hall–Kier alpha value is -4.46. The van der Waals surface area contributed by atoms with E-state index in [-0.39, 0.29) is 25.2 Å². The summed E-state index contributed by atoms with van der Waals surface area (Å²) in [6.07, 6.45) is 0.708. The molecule has 0 radical (unpaired) electrons. The molecule has 14 nitrogen and oxygen atoms in total. The standard InChI is InChI=1S/C26H36N6O8/c1-3-13(2)22(28)25(38)32-19(11-21(34)35)24(37)31-18(10-14-12-29-16-7-5-4-6-15(14)16)23(36)30-17(26(39)40)8-9-20(27)33/h4-7,12-13,17-19,22,29H,3,8-11,28H2,1-2H3,(H2,27,33)(H,30,36)(H,31,37)(H,32,38)(H,34,35)(H,39,40). The van der Waals surface area contributed by atoms with Crippen molar-refractivity contribution in [3.63, 3.8) is 0 Å². The second-order valence-electron chi connectivity index (χ2n) is 9.60.